The highest BCUT2D eigenvalue weighted by Crippen LogP contribution is 2.39. The molecule has 2 nitrogen and oxygen atoms in total. The molecule has 0 aliphatic rings. The lowest BCUT2D eigenvalue weighted by atomic mass is 10.1. The van der Waals surface area contributed by atoms with E-state index in [-0.39, 0.29) is 0 Å². The molecule has 0 bridgehead atoms. The van der Waals surface area contributed by atoms with Gasteiger partial charge in [0.2, 0.25) is 0 Å². The molecule has 0 atom stereocenters. The van der Waals surface area contributed by atoms with Crippen molar-refractivity contribution in [2.24, 2.45) is 0 Å². The highest BCUT2D eigenvalue weighted by atomic mass is 32.1. The van der Waals surface area contributed by atoms with Gasteiger partial charge in [-0.3, -0.25) is 0 Å². The van der Waals surface area contributed by atoms with E-state index < -0.39 is 0 Å². The Hall–Kier alpha value is -1.48. The number of unbranched alkanes of at least 4 members (excludes halogenated alkanes) is 6. The topological polar surface area (TPSA) is 18.5 Å². The van der Waals surface area contributed by atoms with E-state index in [9.17, 15) is 0 Å². The molecule has 138 valence electrons. The van der Waals surface area contributed by atoms with Crippen LogP contribution in [0.5, 0.6) is 11.5 Å². The minimum Gasteiger partial charge on any atom is -0.493 e. The second-order valence-electron chi connectivity index (χ2n) is 6.46. The molecule has 0 aliphatic carbocycles. The quantitative estimate of drug-likeness (QED) is 0.348. The van der Waals surface area contributed by atoms with Crippen molar-refractivity contribution < 1.29 is 9.47 Å². The predicted octanol–water partition coefficient (Wildman–Crippen LogP) is 7.33. The number of thiophene rings is 1. The van der Waals surface area contributed by atoms with Gasteiger partial charge >= 0.3 is 0 Å². The zero-order chi connectivity index (χ0) is 17.7. The Balaban J connectivity index is 2.03. The highest BCUT2D eigenvalue weighted by Gasteiger charge is 2.14. The summed E-state index contributed by atoms with van der Waals surface area (Å²) in [5, 5.41) is 4.28. The van der Waals surface area contributed by atoms with Gasteiger partial charge in [0.25, 0.3) is 0 Å². The maximum absolute atomic E-state index is 6.12. The maximum Gasteiger partial charge on any atom is 0.130 e. The summed E-state index contributed by atoms with van der Waals surface area (Å²) in [7, 11) is 0. The fourth-order valence-corrected chi connectivity index (χ4v) is 3.51. The van der Waals surface area contributed by atoms with E-state index >= 15 is 0 Å². The summed E-state index contributed by atoms with van der Waals surface area (Å²) >= 11 is 1.71. The van der Waals surface area contributed by atoms with Crippen molar-refractivity contribution in [3.63, 3.8) is 0 Å². The summed E-state index contributed by atoms with van der Waals surface area (Å²) in [6.45, 7) is 6.02. The number of benzene rings is 1. The number of rotatable bonds is 13. The van der Waals surface area contributed by atoms with Crippen LogP contribution < -0.4 is 9.47 Å². The summed E-state index contributed by atoms with van der Waals surface area (Å²) < 4.78 is 12.2. The standard InChI is InChI=1S/C22H32O2S/c1-3-5-7-9-15-23-20-12-11-13-21(24-16-10-8-6-4-2)22(20)19-14-17-25-18-19/h11-14,17-18H,3-10,15-16H2,1-2H3. The van der Waals surface area contributed by atoms with Crippen LogP contribution in [0.25, 0.3) is 11.1 Å². The van der Waals surface area contributed by atoms with Gasteiger partial charge in [0.1, 0.15) is 11.5 Å². The lowest BCUT2D eigenvalue weighted by Crippen LogP contribution is -2.02. The van der Waals surface area contributed by atoms with Crippen molar-refractivity contribution in [3.05, 3.63) is 35.0 Å². The first-order valence-corrected chi connectivity index (χ1v) is 10.7. The monoisotopic (exact) mass is 360 g/mol. The fraction of sp³-hybridized carbons (Fsp3) is 0.545. The van der Waals surface area contributed by atoms with Crippen LogP contribution in [0.3, 0.4) is 0 Å². The normalized spacial score (nSPS) is 10.8. The molecule has 3 heteroatoms. The molecule has 1 heterocycles. The molecule has 2 aromatic rings. The summed E-state index contributed by atoms with van der Waals surface area (Å²) in [6, 6.07) is 8.32. The van der Waals surface area contributed by atoms with Gasteiger partial charge in [-0.2, -0.15) is 11.3 Å². The van der Waals surface area contributed by atoms with E-state index in [2.05, 4.69) is 42.8 Å². The molecule has 0 amide bonds. The van der Waals surface area contributed by atoms with E-state index in [0.29, 0.717) is 0 Å². The van der Waals surface area contributed by atoms with Crippen LogP contribution in [0, 0.1) is 0 Å². The minimum atomic E-state index is 0.775. The lowest BCUT2D eigenvalue weighted by Gasteiger charge is -2.16. The Morgan fingerprint density at radius 3 is 1.84 bits per heavy atom. The van der Waals surface area contributed by atoms with Crippen LogP contribution in [0.2, 0.25) is 0 Å². The van der Waals surface area contributed by atoms with E-state index in [1.54, 1.807) is 11.3 Å². The van der Waals surface area contributed by atoms with Gasteiger partial charge < -0.3 is 9.47 Å². The number of ether oxygens (including phenoxy) is 2. The molecule has 25 heavy (non-hydrogen) atoms. The van der Waals surface area contributed by atoms with Gasteiger partial charge in [0.05, 0.1) is 18.8 Å². The van der Waals surface area contributed by atoms with E-state index in [1.807, 2.05) is 6.07 Å². The Kier molecular flexibility index (Phi) is 9.50. The third-order valence-electron chi connectivity index (χ3n) is 4.31. The predicted molar refractivity (Wildman–Crippen MR) is 109 cm³/mol. The van der Waals surface area contributed by atoms with Gasteiger partial charge in [0.15, 0.2) is 0 Å². The second-order valence-corrected chi connectivity index (χ2v) is 7.24. The van der Waals surface area contributed by atoms with E-state index in [1.165, 1.54) is 44.1 Å². The zero-order valence-electron chi connectivity index (χ0n) is 15.8. The molecule has 2 rings (SSSR count). The molecule has 0 aliphatic heterocycles. The van der Waals surface area contributed by atoms with Gasteiger partial charge in [0, 0.05) is 0 Å². The van der Waals surface area contributed by atoms with Gasteiger partial charge in [-0.15, -0.1) is 0 Å². The molecule has 1 aromatic carbocycles. The van der Waals surface area contributed by atoms with Crippen LogP contribution in [-0.4, -0.2) is 13.2 Å². The van der Waals surface area contributed by atoms with Crippen LogP contribution in [-0.2, 0) is 0 Å². The van der Waals surface area contributed by atoms with Crippen molar-refractivity contribution in [2.45, 2.75) is 65.2 Å². The summed E-state index contributed by atoms with van der Waals surface area (Å²) in [5.41, 5.74) is 2.30. The van der Waals surface area contributed by atoms with Crippen molar-refractivity contribution >= 4 is 11.3 Å². The lowest BCUT2D eigenvalue weighted by molar-refractivity contribution is 0.292. The summed E-state index contributed by atoms with van der Waals surface area (Å²) in [5.74, 6) is 1.89. The van der Waals surface area contributed by atoms with Crippen LogP contribution in [0.1, 0.15) is 65.2 Å². The highest BCUT2D eigenvalue weighted by molar-refractivity contribution is 7.08. The second kappa shape index (κ2) is 12.0. The van der Waals surface area contributed by atoms with Gasteiger partial charge in [-0.05, 0) is 47.4 Å². The van der Waals surface area contributed by atoms with Crippen LogP contribution >= 0.6 is 11.3 Å². The molecule has 1 aromatic heterocycles. The Morgan fingerprint density at radius 1 is 0.760 bits per heavy atom. The first kappa shape index (κ1) is 19.8. The largest absolute Gasteiger partial charge is 0.493 e. The molecular weight excluding hydrogens is 328 g/mol. The zero-order valence-corrected chi connectivity index (χ0v) is 16.6. The Morgan fingerprint density at radius 2 is 1.36 bits per heavy atom. The molecule has 0 fully saturated rings. The smallest absolute Gasteiger partial charge is 0.130 e. The van der Waals surface area contributed by atoms with E-state index in [4.69, 9.17) is 9.47 Å². The van der Waals surface area contributed by atoms with Crippen molar-refractivity contribution in [1.29, 1.82) is 0 Å². The molecule has 0 spiro atoms. The Bertz CT molecular complexity index is 545. The SMILES string of the molecule is CCCCCCOc1cccc(OCCCCCC)c1-c1ccsc1. The van der Waals surface area contributed by atoms with Crippen LogP contribution in [0.4, 0.5) is 0 Å². The molecule has 0 radical (unpaired) electrons. The third-order valence-corrected chi connectivity index (χ3v) is 4.99. The fourth-order valence-electron chi connectivity index (χ4n) is 2.86. The average molecular weight is 361 g/mol. The summed E-state index contributed by atoms with van der Waals surface area (Å²) in [4.78, 5) is 0. The number of hydrogen-bond acceptors (Lipinski definition) is 3. The first-order chi connectivity index (χ1) is 12.4. The van der Waals surface area contributed by atoms with Gasteiger partial charge in [-0.25, -0.2) is 0 Å². The molecule has 0 saturated heterocycles. The van der Waals surface area contributed by atoms with E-state index in [0.717, 1.165) is 43.1 Å². The first-order valence-electron chi connectivity index (χ1n) is 9.78. The molecule has 0 unspecified atom stereocenters. The Labute approximate surface area is 157 Å². The van der Waals surface area contributed by atoms with Crippen molar-refractivity contribution in [2.75, 3.05) is 13.2 Å². The van der Waals surface area contributed by atoms with Gasteiger partial charge in [-0.1, -0.05) is 58.4 Å². The van der Waals surface area contributed by atoms with Crippen molar-refractivity contribution in [1.82, 2.24) is 0 Å². The third kappa shape index (κ3) is 6.74. The molecule has 0 saturated carbocycles. The molecule has 0 N–H and O–H groups in total. The maximum atomic E-state index is 6.12. The minimum absolute atomic E-state index is 0.775. The average Bonchev–Trinajstić information content (AvgIpc) is 3.15. The molecular formula is C22H32O2S. The summed E-state index contributed by atoms with van der Waals surface area (Å²) in [6.07, 6.45) is 9.75. The van der Waals surface area contributed by atoms with Crippen LogP contribution in [0.15, 0.2) is 35.0 Å². The number of hydrogen-bond donors (Lipinski definition) is 0. The van der Waals surface area contributed by atoms with Crippen molar-refractivity contribution in [3.8, 4) is 22.6 Å².